The van der Waals surface area contributed by atoms with Crippen molar-refractivity contribution < 1.29 is 4.39 Å². The van der Waals surface area contributed by atoms with Gasteiger partial charge in [0.1, 0.15) is 5.82 Å². The lowest BCUT2D eigenvalue weighted by Crippen LogP contribution is -2.40. The Bertz CT molecular complexity index is 474. The van der Waals surface area contributed by atoms with Gasteiger partial charge in [-0.1, -0.05) is 25.0 Å². The Kier molecular flexibility index (Phi) is 4.08. The van der Waals surface area contributed by atoms with E-state index in [0.29, 0.717) is 18.2 Å². The molecule has 0 bridgehead atoms. The zero-order chi connectivity index (χ0) is 14.1. The van der Waals surface area contributed by atoms with E-state index in [2.05, 4.69) is 4.90 Å². The molecular formula is C17H25FN2. The summed E-state index contributed by atoms with van der Waals surface area (Å²) in [5.74, 6) is 0.730. The molecule has 0 radical (unpaired) electrons. The Balaban J connectivity index is 1.84. The molecule has 0 amide bonds. The van der Waals surface area contributed by atoms with Gasteiger partial charge in [0, 0.05) is 18.6 Å². The summed E-state index contributed by atoms with van der Waals surface area (Å²) < 4.78 is 13.8. The second kappa shape index (κ2) is 5.82. The summed E-state index contributed by atoms with van der Waals surface area (Å²) in [6.45, 7) is 3.50. The molecule has 3 unspecified atom stereocenters. The van der Waals surface area contributed by atoms with Crippen molar-refractivity contribution in [2.45, 2.75) is 51.1 Å². The average molecular weight is 276 g/mol. The van der Waals surface area contributed by atoms with Crippen molar-refractivity contribution in [2.24, 2.45) is 11.7 Å². The molecule has 1 aliphatic carbocycles. The first-order valence-corrected chi connectivity index (χ1v) is 7.92. The number of fused-ring (bicyclic) bond motifs is 1. The zero-order valence-electron chi connectivity index (χ0n) is 12.3. The van der Waals surface area contributed by atoms with Crippen molar-refractivity contribution in [2.75, 3.05) is 13.1 Å². The van der Waals surface area contributed by atoms with Crippen molar-refractivity contribution in [3.8, 4) is 0 Å². The van der Waals surface area contributed by atoms with Crippen molar-refractivity contribution >= 4 is 0 Å². The largest absolute Gasteiger partial charge is 0.329 e. The predicted molar refractivity (Wildman–Crippen MR) is 80.0 cm³/mol. The van der Waals surface area contributed by atoms with Gasteiger partial charge < -0.3 is 5.73 Å². The molecule has 2 nitrogen and oxygen atoms in total. The van der Waals surface area contributed by atoms with Gasteiger partial charge in [-0.05, 0) is 55.8 Å². The molecule has 20 heavy (non-hydrogen) atoms. The van der Waals surface area contributed by atoms with Gasteiger partial charge in [-0.25, -0.2) is 4.39 Å². The first-order valence-electron chi connectivity index (χ1n) is 7.92. The van der Waals surface area contributed by atoms with Gasteiger partial charge in [-0.2, -0.15) is 0 Å². The molecule has 2 N–H and O–H groups in total. The van der Waals surface area contributed by atoms with Gasteiger partial charge >= 0.3 is 0 Å². The number of hydrogen-bond donors (Lipinski definition) is 1. The van der Waals surface area contributed by atoms with Crippen LogP contribution in [0.1, 0.15) is 49.3 Å². The Labute approximate surface area is 121 Å². The lowest BCUT2D eigenvalue weighted by molar-refractivity contribution is 0.135. The minimum absolute atomic E-state index is 0.111. The third-order valence-electron chi connectivity index (χ3n) is 5.26. The number of halogens is 1. The highest BCUT2D eigenvalue weighted by Gasteiger charge is 2.39. The number of benzene rings is 1. The normalized spacial score (nSPS) is 28.4. The molecule has 1 saturated heterocycles. The Morgan fingerprint density at radius 3 is 2.85 bits per heavy atom. The highest BCUT2D eigenvalue weighted by atomic mass is 19.1. The number of nitrogens with two attached hydrogens (primary N) is 1. The smallest absolute Gasteiger partial charge is 0.126 e. The average Bonchev–Trinajstić information content (AvgIpc) is 2.88. The molecule has 0 spiro atoms. The Morgan fingerprint density at radius 2 is 2.10 bits per heavy atom. The number of likely N-dealkylation sites (tertiary alicyclic amines) is 1. The fourth-order valence-corrected chi connectivity index (χ4v) is 4.11. The molecule has 1 heterocycles. The monoisotopic (exact) mass is 276 g/mol. The van der Waals surface area contributed by atoms with Crippen LogP contribution in [0.3, 0.4) is 0 Å². The van der Waals surface area contributed by atoms with Gasteiger partial charge in [0.25, 0.3) is 0 Å². The van der Waals surface area contributed by atoms with Crippen LogP contribution in [0.4, 0.5) is 4.39 Å². The van der Waals surface area contributed by atoms with Crippen molar-refractivity contribution in [1.82, 2.24) is 4.90 Å². The first kappa shape index (κ1) is 14.0. The molecule has 3 rings (SSSR count). The van der Waals surface area contributed by atoms with Crippen LogP contribution in [0.2, 0.25) is 0 Å². The van der Waals surface area contributed by atoms with Gasteiger partial charge in [0.2, 0.25) is 0 Å². The third kappa shape index (κ3) is 2.49. The van der Waals surface area contributed by atoms with Gasteiger partial charge in [0.15, 0.2) is 0 Å². The minimum Gasteiger partial charge on any atom is -0.329 e. The summed E-state index contributed by atoms with van der Waals surface area (Å²) in [5, 5.41) is 0. The maximum atomic E-state index is 13.8. The van der Waals surface area contributed by atoms with E-state index in [1.54, 1.807) is 6.07 Å². The van der Waals surface area contributed by atoms with Crippen molar-refractivity contribution in [3.63, 3.8) is 0 Å². The Morgan fingerprint density at radius 1 is 1.30 bits per heavy atom. The molecule has 1 aromatic rings. The SMILES string of the molecule is Cc1ccc(C(CN)N2CCC3CCCCC32)cc1F. The van der Waals surface area contributed by atoms with E-state index in [1.807, 2.05) is 19.1 Å². The minimum atomic E-state index is -0.111. The van der Waals surface area contributed by atoms with E-state index in [9.17, 15) is 4.39 Å². The van der Waals surface area contributed by atoms with Crippen LogP contribution in [0.15, 0.2) is 18.2 Å². The number of aryl methyl sites for hydroxylation is 1. The summed E-state index contributed by atoms with van der Waals surface area (Å²) in [6.07, 6.45) is 6.64. The second-order valence-corrected chi connectivity index (χ2v) is 6.40. The summed E-state index contributed by atoms with van der Waals surface area (Å²) in [4.78, 5) is 2.55. The van der Waals surface area contributed by atoms with Gasteiger partial charge in [-0.3, -0.25) is 4.90 Å². The first-order chi connectivity index (χ1) is 9.70. The number of rotatable bonds is 3. The van der Waals surface area contributed by atoms with Crippen molar-refractivity contribution in [3.05, 3.63) is 35.1 Å². The molecule has 2 aliphatic rings. The summed E-state index contributed by atoms with van der Waals surface area (Å²) in [7, 11) is 0. The molecule has 1 saturated carbocycles. The summed E-state index contributed by atoms with van der Waals surface area (Å²) in [5.41, 5.74) is 7.78. The van der Waals surface area contributed by atoms with Gasteiger partial charge in [0.05, 0.1) is 0 Å². The maximum absolute atomic E-state index is 13.8. The maximum Gasteiger partial charge on any atom is 0.126 e. The van der Waals surface area contributed by atoms with E-state index in [0.717, 1.165) is 18.0 Å². The van der Waals surface area contributed by atoms with Crippen molar-refractivity contribution in [1.29, 1.82) is 0 Å². The number of nitrogens with zero attached hydrogens (tertiary/aromatic N) is 1. The standard InChI is InChI=1S/C17H25FN2/c1-12-6-7-14(10-15(12)18)17(11-19)20-9-8-13-4-2-3-5-16(13)20/h6-7,10,13,16-17H,2-5,8-9,11,19H2,1H3. The van der Waals surface area contributed by atoms with E-state index in [4.69, 9.17) is 5.73 Å². The number of hydrogen-bond acceptors (Lipinski definition) is 2. The summed E-state index contributed by atoms with van der Waals surface area (Å²) >= 11 is 0. The van der Waals surface area contributed by atoms with Crippen LogP contribution in [-0.4, -0.2) is 24.0 Å². The highest BCUT2D eigenvalue weighted by Crippen LogP contribution is 2.40. The van der Waals surface area contributed by atoms with Crippen LogP contribution in [0, 0.1) is 18.7 Å². The summed E-state index contributed by atoms with van der Waals surface area (Å²) in [6, 6.07) is 6.46. The lowest BCUT2D eigenvalue weighted by atomic mass is 9.84. The van der Waals surface area contributed by atoms with Gasteiger partial charge in [-0.15, -0.1) is 0 Å². The molecule has 110 valence electrons. The topological polar surface area (TPSA) is 29.3 Å². The molecule has 3 heteroatoms. The van der Waals surface area contributed by atoms with E-state index < -0.39 is 0 Å². The fraction of sp³-hybridized carbons (Fsp3) is 0.647. The second-order valence-electron chi connectivity index (χ2n) is 6.40. The zero-order valence-corrected chi connectivity index (χ0v) is 12.3. The molecule has 2 fully saturated rings. The van der Waals surface area contributed by atoms with E-state index in [-0.39, 0.29) is 11.9 Å². The van der Waals surface area contributed by atoms with E-state index in [1.165, 1.54) is 32.1 Å². The molecular weight excluding hydrogens is 251 g/mol. The van der Waals surface area contributed by atoms with Crippen LogP contribution < -0.4 is 5.73 Å². The molecule has 1 aliphatic heterocycles. The molecule has 3 atom stereocenters. The molecule has 0 aromatic heterocycles. The van der Waals surface area contributed by atoms with Crippen LogP contribution in [0.5, 0.6) is 0 Å². The predicted octanol–water partition coefficient (Wildman–Crippen LogP) is 3.40. The fourth-order valence-electron chi connectivity index (χ4n) is 4.11. The third-order valence-corrected chi connectivity index (χ3v) is 5.26. The van der Waals surface area contributed by atoms with E-state index >= 15 is 0 Å². The van der Waals surface area contributed by atoms with Crippen LogP contribution in [0.25, 0.3) is 0 Å². The Hall–Kier alpha value is -0.930. The quantitative estimate of drug-likeness (QED) is 0.917. The lowest BCUT2D eigenvalue weighted by Gasteiger charge is -2.37. The molecule has 1 aromatic carbocycles. The van der Waals surface area contributed by atoms with Crippen LogP contribution in [-0.2, 0) is 0 Å². The van der Waals surface area contributed by atoms with Crippen LogP contribution >= 0.6 is 0 Å². The highest BCUT2D eigenvalue weighted by molar-refractivity contribution is 5.26.